The van der Waals surface area contributed by atoms with Crippen LogP contribution in [0.25, 0.3) is 16.5 Å². The van der Waals surface area contributed by atoms with Gasteiger partial charge in [-0.05, 0) is 110 Å². The number of hydrogen-bond acceptors (Lipinski definition) is 5. The molecule has 0 atom stereocenters. The highest BCUT2D eigenvalue weighted by molar-refractivity contribution is 8.26. The van der Waals surface area contributed by atoms with Gasteiger partial charge in [0.15, 0.2) is 0 Å². The molecule has 4 aliphatic carbocycles. The number of thiophene rings is 1. The molecule has 0 unspecified atom stereocenters. The number of aliphatic hydroxyl groups excluding tert-OH is 1. The molecule has 190 valence electrons. The number of thiocarbonyl (C=S) groups is 1. The minimum atomic E-state index is 0.121. The number of thioether (sulfide) groups is 1. The van der Waals surface area contributed by atoms with E-state index in [0.717, 1.165) is 62.2 Å². The molecule has 1 N–H and O–H groups in total. The Labute approximate surface area is 232 Å². The van der Waals surface area contributed by atoms with E-state index in [-0.39, 0.29) is 12.5 Å². The molecule has 7 rings (SSSR count). The van der Waals surface area contributed by atoms with Gasteiger partial charge in [-0.3, -0.25) is 9.69 Å². The van der Waals surface area contributed by atoms with Crippen molar-refractivity contribution in [1.82, 2.24) is 4.90 Å². The van der Waals surface area contributed by atoms with Crippen molar-refractivity contribution >= 4 is 63.2 Å². The summed E-state index contributed by atoms with van der Waals surface area (Å²) in [6.07, 6.45) is 12.4. The predicted molar refractivity (Wildman–Crippen MR) is 155 cm³/mol. The van der Waals surface area contributed by atoms with Crippen molar-refractivity contribution in [2.24, 2.45) is 23.7 Å². The highest BCUT2D eigenvalue weighted by Crippen LogP contribution is 2.56. The molecule has 7 heteroatoms. The summed E-state index contributed by atoms with van der Waals surface area (Å²) < 4.78 is 0.753. The molecule has 3 nitrogen and oxygen atoms in total. The van der Waals surface area contributed by atoms with E-state index < -0.39 is 0 Å². The molecule has 2 heterocycles. The van der Waals surface area contributed by atoms with Crippen molar-refractivity contribution in [3.05, 3.63) is 50.7 Å². The quantitative estimate of drug-likeness (QED) is 0.204. The van der Waals surface area contributed by atoms with Crippen LogP contribution in [-0.4, -0.2) is 32.9 Å². The molecule has 4 saturated carbocycles. The van der Waals surface area contributed by atoms with Gasteiger partial charge >= 0.3 is 0 Å². The number of unbranched alkanes of at least 4 members (excludes halogenated alkanes) is 2. The van der Waals surface area contributed by atoms with Crippen LogP contribution in [0.2, 0.25) is 5.02 Å². The molecule has 1 amide bonds. The lowest BCUT2D eigenvalue weighted by Crippen LogP contribution is -2.57. The Morgan fingerprint density at radius 3 is 2.39 bits per heavy atom. The first-order chi connectivity index (χ1) is 17.5. The van der Waals surface area contributed by atoms with Crippen LogP contribution in [0.5, 0.6) is 0 Å². The number of aliphatic hydroxyl groups is 1. The zero-order valence-corrected chi connectivity index (χ0v) is 23.5. The first-order valence-electron chi connectivity index (χ1n) is 13.3. The zero-order valence-electron chi connectivity index (χ0n) is 20.3. The standard InChI is InChI=1S/C29H32ClNO2S3/c30-23-7-5-19(6-8-23)24-15-20(4-2-1-3-9-32)25(35-24)16-26-28(33)31(29(34)36-26)27-21-11-17-10-18(13-21)14-22(27)12-17/h5-8,15-18,21-22,27,32H,1-4,9-14H2/b26-16-. The Kier molecular flexibility index (Phi) is 7.35. The molecule has 1 saturated heterocycles. The smallest absolute Gasteiger partial charge is 0.266 e. The second-order valence-corrected chi connectivity index (χ2v) is 14.2. The Hall–Kier alpha value is -1.18. The van der Waals surface area contributed by atoms with E-state index in [0.29, 0.717) is 17.9 Å². The van der Waals surface area contributed by atoms with Crippen molar-refractivity contribution in [3.63, 3.8) is 0 Å². The van der Waals surface area contributed by atoms with Gasteiger partial charge in [-0.25, -0.2) is 0 Å². The molecule has 0 spiro atoms. The predicted octanol–water partition coefficient (Wildman–Crippen LogP) is 7.80. The second kappa shape index (κ2) is 10.5. The third kappa shape index (κ3) is 4.84. The van der Waals surface area contributed by atoms with E-state index in [1.807, 2.05) is 17.0 Å². The fraction of sp³-hybridized carbons (Fsp3) is 0.517. The minimum Gasteiger partial charge on any atom is -0.396 e. The van der Waals surface area contributed by atoms with Crippen LogP contribution in [-0.2, 0) is 11.2 Å². The Morgan fingerprint density at radius 2 is 1.72 bits per heavy atom. The maximum atomic E-state index is 13.8. The molecule has 1 aromatic carbocycles. The van der Waals surface area contributed by atoms with Gasteiger partial charge in [0.05, 0.1) is 4.91 Å². The lowest BCUT2D eigenvalue weighted by Gasteiger charge is -2.56. The second-order valence-electron chi connectivity index (χ2n) is 11.0. The molecule has 0 radical (unpaired) electrons. The fourth-order valence-corrected chi connectivity index (χ4v) is 9.98. The summed E-state index contributed by atoms with van der Waals surface area (Å²) in [4.78, 5) is 18.9. The summed E-state index contributed by atoms with van der Waals surface area (Å²) in [6.45, 7) is 0.236. The Bertz CT molecular complexity index is 1160. The molecular weight excluding hydrogens is 526 g/mol. The van der Waals surface area contributed by atoms with Gasteiger partial charge < -0.3 is 5.11 Å². The number of hydrogen-bond donors (Lipinski definition) is 1. The minimum absolute atomic E-state index is 0.121. The summed E-state index contributed by atoms with van der Waals surface area (Å²) in [7, 11) is 0. The third-order valence-electron chi connectivity index (χ3n) is 8.64. The average Bonchev–Trinajstić information content (AvgIpc) is 3.37. The summed E-state index contributed by atoms with van der Waals surface area (Å²) in [5.41, 5.74) is 2.41. The maximum absolute atomic E-state index is 13.8. The summed E-state index contributed by atoms with van der Waals surface area (Å²) in [5, 5.41) is 9.90. The van der Waals surface area contributed by atoms with Gasteiger partial charge in [0.1, 0.15) is 4.32 Å². The van der Waals surface area contributed by atoms with E-state index in [9.17, 15) is 9.90 Å². The third-order valence-corrected chi connectivity index (χ3v) is 11.4. The van der Waals surface area contributed by atoms with Crippen molar-refractivity contribution in [1.29, 1.82) is 0 Å². The van der Waals surface area contributed by atoms with Gasteiger partial charge in [-0.1, -0.05) is 54.1 Å². The van der Waals surface area contributed by atoms with Gasteiger partial charge in [0, 0.05) is 27.4 Å². The molecule has 5 fully saturated rings. The molecule has 36 heavy (non-hydrogen) atoms. The van der Waals surface area contributed by atoms with E-state index >= 15 is 0 Å². The number of halogens is 1. The SMILES string of the molecule is O=C1/C(=C/c2sc(-c3ccc(Cl)cc3)cc2CCCCCO)SC(=S)N1C1C2CC3CC(C2)CC1C3. The van der Waals surface area contributed by atoms with Crippen molar-refractivity contribution in [2.75, 3.05) is 6.61 Å². The lowest BCUT2D eigenvalue weighted by molar-refractivity contribution is -0.130. The van der Waals surface area contributed by atoms with Crippen LogP contribution in [0.3, 0.4) is 0 Å². The fourth-order valence-electron chi connectivity index (χ4n) is 7.29. The molecule has 1 aromatic heterocycles. The monoisotopic (exact) mass is 557 g/mol. The highest BCUT2D eigenvalue weighted by atomic mass is 35.5. The number of benzene rings is 1. The van der Waals surface area contributed by atoms with E-state index in [1.54, 1.807) is 11.3 Å². The highest BCUT2D eigenvalue weighted by Gasteiger charge is 2.53. The van der Waals surface area contributed by atoms with Crippen LogP contribution in [0.1, 0.15) is 61.8 Å². The van der Waals surface area contributed by atoms with Gasteiger partial charge in [-0.15, -0.1) is 11.3 Å². The lowest BCUT2D eigenvalue weighted by atomic mass is 9.54. The van der Waals surface area contributed by atoms with Gasteiger partial charge in [0.25, 0.3) is 5.91 Å². The first-order valence-corrected chi connectivity index (χ1v) is 15.7. The van der Waals surface area contributed by atoms with Gasteiger partial charge in [0.2, 0.25) is 0 Å². The van der Waals surface area contributed by atoms with Crippen LogP contribution in [0.4, 0.5) is 0 Å². The van der Waals surface area contributed by atoms with E-state index in [1.165, 1.54) is 54.3 Å². The van der Waals surface area contributed by atoms with Crippen LogP contribution >= 0.6 is 46.9 Å². The van der Waals surface area contributed by atoms with E-state index in [4.69, 9.17) is 23.8 Å². The number of aryl methyl sites for hydroxylation is 1. The molecule has 1 aliphatic heterocycles. The number of rotatable bonds is 8. The molecule has 2 aromatic rings. The summed E-state index contributed by atoms with van der Waals surface area (Å²) >= 11 is 15.2. The average molecular weight is 558 g/mol. The maximum Gasteiger partial charge on any atom is 0.266 e. The van der Waals surface area contributed by atoms with Crippen LogP contribution in [0, 0.1) is 23.7 Å². The van der Waals surface area contributed by atoms with Crippen molar-refractivity contribution in [3.8, 4) is 10.4 Å². The summed E-state index contributed by atoms with van der Waals surface area (Å²) in [5.74, 6) is 3.13. The zero-order chi connectivity index (χ0) is 24.8. The molecule has 4 bridgehead atoms. The Morgan fingerprint density at radius 1 is 1.03 bits per heavy atom. The van der Waals surface area contributed by atoms with E-state index in [2.05, 4.69) is 24.3 Å². The normalized spacial score (nSPS) is 30.2. The van der Waals surface area contributed by atoms with Crippen molar-refractivity contribution < 1.29 is 9.90 Å². The molecular formula is C29H32ClNO2S3. The number of carbonyl (C=O) groups is 1. The summed E-state index contributed by atoms with van der Waals surface area (Å²) in [6, 6.07) is 10.5. The topological polar surface area (TPSA) is 40.5 Å². The van der Waals surface area contributed by atoms with Crippen LogP contribution < -0.4 is 0 Å². The Balaban J connectivity index is 1.27. The van der Waals surface area contributed by atoms with Crippen molar-refractivity contribution in [2.45, 2.75) is 63.8 Å². The number of amides is 1. The molecule has 5 aliphatic rings. The van der Waals surface area contributed by atoms with Gasteiger partial charge in [-0.2, -0.15) is 0 Å². The largest absolute Gasteiger partial charge is 0.396 e. The number of carbonyl (C=O) groups excluding carboxylic acids is 1. The first kappa shape index (κ1) is 25.1. The number of nitrogens with zero attached hydrogens (tertiary/aromatic N) is 1. The van der Waals surface area contributed by atoms with Crippen LogP contribution in [0.15, 0.2) is 35.2 Å².